The zero-order chi connectivity index (χ0) is 16.2. The monoisotopic (exact) mass is 332 g/mol. The Balaban J connectivity index is 1.69. The summed E-state index contributed by atoms with van der Waals surface area (Å²) in [7, 11) is 0. The summed E-state index contributed by atoms with van der Waals surface area (Å²) in [4.78, 5) is 27.7. The van der Waals surface area contributed by atoms with Crippen molar-refractivity contribution in [1.29, 1.82) is 0 Å². The molecule has 4 nitrogen and oxygen atoms in total. The lowest BCUT2D eigenvalue weighted by atomic mass is 10.1. The van der Waals surface area contributed by atoms with Crippen LogP contribution in [0.15, 0.2) is 24.3 Å². The molecule has 0 N–H and O–H groups in total. The standard InChI is InChI=1S/C18H24N2O2S/c1-14(21)23-13-15-10-18(22)20(12-15)17-7-5-6-16(11-17)19-8-3-2-4-9-19/h5-7,11,15H,2-4,8-10,12-13H2,1H3. The van der Waals surface area contributed by atoms with Crippen molar-refractivity contribution in [3.63, 3.8) is 0 Å². The van der Waals surface area contributed by atoms with Crippen LogP contribution in [0, 0.1) is 5.92 Å². The second-order valence-electron chi connectivity index (χ2n) is 6.44. The molecule has 0 saturated carbocycles. The molecule has 0 radical (unpaired) electrons. The first kappa shape index (κ1) is 16.4. The van der Waals surface area contributed by atoms with Crippen LogP contribution < -0.4 is 9.80 Å². The number of hydrogen-bond acceptors (Lipinski definition) is 4. The van der Waals surface area contributed by atoms with Crippen LogP contribution in [0.2, 0.25) is 0 Å². The highest BCUT2D eigenvalue weighted by molar-refractivity contribution is 8.13. The summed E-state index contributed by atoms with van der Waals surface area (Å²) in [6, 6.07) is 8.35. The van der Waals surface area contributed by atoms with Gasteiger partial charge in [-0.05, 0) is 43.4 Å². The molecule has 2 aliphatic rings. The van der Waals surface area contributed by atoms with Crippen LogP contribution in [0.5, 0.6) is 0 Å². The predicted molar refractivity (Wildman–Crippen MR) is 96.1 cm³/mol. The minimum atomic E-state index is 0.128. The van der Waals surface area contributed by atoms with Gasteiger partial charge in [-0.1, -0.05) is 17.8 Å². The Kier molecular flexibility index (Phi) is 5.26. The fourth-order valence-electron chi connectivity index (χ4n) is 3.39. The van der Waals surface area contributed by atoms with E-state index in [0.717, 1.165) is 31.1 Å². The number of rotatable bonds is 4. The maximum absolute atomic E-state index is 12.3. The third kappa shape index (κ3) is 4.08. The van der Waals surface area contributed by atoms with Gasteiger partial charge in [-0.3, -0.25) is 9.59 Å². The van der Waals surface area contributed by atoms with Gasteiger partial charge < -0.3 is 9.80 Å². The van der Waals surface area contributed by atoms with Crippen LogP contribution in [-0.4, -0.2) is 36.4 Å². The van der Waals surface area contributed by atoms with Crippen molar-refractivity contribution < 1.29 is 9.59 Å². The topological polar surface area (TPSA) is 40.6 Å². The molecule has 1 atom stereocenters. The Morgan fingerprint density at radius 1 is 1.22 bits per heavy atom. The zero-order valence-corrected chi connectivity index (χ0v) is 14.5. The van der Waals surface area contributed by atoms with Crippen molar-refractivity contribution >= 4 is 34.2 Å². The average Bonchev–Trinajstić information content (AvgIpc) is 2.95. The summed E-state index contributed by atoms with van der Waals surface area (Å²) in [6.07, 6.45) is 4.36. The molecule has 1 amide bonds. The van der Waals surface area contributed by atoms with E-state index in [1.165, 1.54) is 36.7 Å². The minimum Gasteiger partial charge on any atom is -0.371 e. The Hall–Kier alpha value is -1.49. The summed E-state index contributed by atoms with van der Waals surface area (Å²) >= 11 is 1.33. The molecule has 5 heteroatoms. The van der Waals surface area contributed by atoms with Gasteiger partial charge >= 0.3 is 0 Å². The molecular weight excluding hydrogens is 308 g/mol. The van der Waals surface area contributed by atoms with Gasteiger partial charge in [0.15, 0.2) is 5.12 Å². The van der Waals surface area contributed by atoms with Gasteiger partial charge in [0.25, 0.3) is 0 Å². The van der Waals surface area contributed by atoms with Gasteiger partial charge in [0.1, 0.15) is 0 Å². The van der Waals surface area contributed by atoms with E-state index >= 15 is 0 Å². The smallest absolute Gasteiger partial charge is 0.227 e. The van der Waals surface area contributed by atoms with Crippen LogP contribution in [0.3, 0.4) is 0 Å². The number of nitrogens with zero attached hydrogens (tertiary/aromatic N) is 2. The number of piperidine rings is 1. The van der Waals surface area contributed by atoms with E-state index in [1.54, 1.807) is 6.92 Å². The predicted octanol–water partition coefficient (Wildman–Crippen LogP) is 3.31. The van der Waals surface area contributed by atoms with Crippen LogP contribution in [-0.2, 0) is 9.59 Å². The summed E-state index contributed by atoms with van der Waals surface area (Å²) in [5, 5.41) is 0.128. The van der Waals surface area contributed by atoms with Crippen LogP contribution in [0.25, 0.3) is 0 Å². The molecule has 2 saturated heterocycles. The Labute approximate surface area is 142 Å². The molecule has 1 aromatic carbocycles. The van der Waals surface area contributed by atoms with Gasteiger partial charge in [-0.25, -0.2) is 0 Å². The van der Waals surface area contributed by atoms with Gasteiger partial charge in [0, 0.05) is 50.1 Å². The number of carbonyl (C=O) groups excluding carboxylic acids is 2. The number of thioether (sulfide) groups is 1. The summed E-state index contributed by atoms with van der Waals surface area (Å²) in [5.74, 6) is 1.19. The van der Waals surface area contributed by atoms with Gasteiger partial charge in [-0.15, -0.1) is 0 Å². The Morgan fingerprint density at radius 2 is 1.96 bits per heavy atom. The van der Waals surface area contributed by atoms with E-state index in [1.807, 2.05) is 17.0 Å². The first-order chi connectivity index (χ1) is 11.1. The fraction of sp³-hybridized carbons (Fsp3) is 0.556. The third-order valence-electron chi connectivity index (χ3n) is 4.59. The fourth-order valence-corrected chi connectivity index (χ4v) is 4.08. The van der Waals surface area contributed by atoms with Crippen molar-refractivity contribution in [3.8, 4) is 0 Å². The molecule has 2 heterocycles. The largest absolute Gasteiger partial charge is 0.371 e. The molecule has 0 spiro atoms. The molecule has 0 bridgehead atoms. The van der Waals surface area contributed by atoms with Gasteiger partial charge in [0.05, 0.1) is 0 Å². The SMILES string of the molecule is CC(=O)SCC1CC(=O)N(c2cccc(N3CCCCC3)c2)C1. The number of hydrogen-bond donors (Lipinski definition) is 0. The highest BCUT2D eigenvalue weighted by Gasteiger charge is 2.31. The summed E-state index contributed by atoms with van der Waals surface area (Å²) < 4.78 is 0. The molecule has 3 rings (SSSR count). The quantitative estimate of drug-likeness (QED) is 0.848. The first-order valence-corrected chi connectivity index (χ1v) is 9.41. The molecule has 124 valence electrons. The van der Waals surface area contributed by atoms with E-state index in [4.69, 9.17) is 0 Å². The number of carbonyl (C=O) groups is 2. The molecule has 23 heavy (non-hydrogen) atoms. The zero-order valence-electron chi connectivity index (χ0n) is 13.7. The average molecular weight is 332 g/mol. The highest BCUT2D eigenvalue weighted by Crippen LogP contribution is 2.30. The lowest BCUT2D eigenvalue weighted by Crippen LogP contribution is -2.30. The Morgan fingerprint density at radius 3 is 2.70 bits per heavy atom. The second kappa shape index (κ2) is 7.39. The molecule has 1 aromatic rings. The van der Waals surface area contributed by atoms with Crippen molar-refractivity contribution in [3.05, 3.63) is 24.3 Å². The van der Waals surface area contributed by atoms with E-state index in [2.05, 4.69) is 17.0 Å². The van der Waals surface area contributed by atoms with Crippen molar-refractivity contribution in [2.45, 2.75) is 32.6 Å². The normalized spacial score (nSPS) is 21.8. The maximum Gasteiger partial charge on any atom is 0.227 e. The van der Waals surface area contributed by atoms with E-state index < -0.39 is 0 Å². The van der Waals surface area contributed by atoms with Crippen molar-refractivity contribution in [2.24, 2.45) is 5.92 Å². The lowest BCUT2D eigenvalue weighted by Gasteiger charge is -2.29. The van der Waals surface area contributed by atoms with Gasteiger partial charge in [0.2, 0.25) is 5.91 Å². The first-order valence-electron chi connectivity index (χ1n) is 8.42. The van der Waals surface area contributed by atoms with E-state index in [-0.39, 0.29) is 16.9 Å². The van der Waals surface area contributed by atoms with Crippen molar-refractivity contribution in [2.75, 3.05) is 35.2 Å². The summed E-state index contributed by atoms with van der Waals surface area (Å²) in [5.41, 5.74) is 2.21. The minimum absolute atomic E-state index is 0.128. The van der Waals surface area contributed by atoms with Crippen LogP contribution >= 0.6 is 11.8 Å². The second-order valence-corrected chi connectivity index (χ2v) is 7.64. The third-order valence-corrected chi connectivity index (χ3v) is 5.63. The number of amides is 1. The highest BCUT2D eigenvalue weighted by atomic mass is 32.2. The van der Waals surface area contributed by atoms with Crippen LogP contribution in [0.4, 0.5) is 11.4 Å². The molecule has 0 aliphatic carbocycles. The Bertz CT molecular complexity index is 584. The molecule has 1 unspecified atom stereocenters. The summed E-state index contributed by atoms with van der Waals surface area (Å²) in [6.45, 7) is 4.52. The molecule has 2 fully saturated rings. The molecule has 2 aliphatic heterocycles. The van der Waals surface area contributed by atoms with Gasteiger partial charge in [-0.2, -0.15) is 0 Å². The molecule has 0 aromatic heterocycles. The van der Waals surface area contributed by atoms with Crippen molar-refractivity contribution in [1.82, 2.24) is 0 Å². The number of anilines is 2. The number of benzene rings is 1. The van der Waals surface area contributed by atoms with E-state index in [9.17, 15) is 9.59 Å². The maximum atomic E-state index is 12.3. The molecular formula is C18H24N2O2S. The lowest BCUT2D eigenvalue weighted by molar-refractivity contribution is -0.117. The van der Waals surface area contributed by atoms with Crippen LogP contribution in [0.1, 0.15) is 32.6 Å². The van der Waals surface area contributed by atoms with E-state index in [0.29, 0.717) is 6.42 Å².